The molecular weight excluding hydrogens is 312 g/mol. The minimum Gasteiger partial charge on any atom is -0.467 e. The van der Waals surface area contributed by atoms with Gasteiger partial charge in [-0.05, 0) is 43.4 Å². The lowest BCUT2D eigenvalue weighted by Crippen LogP contribution is -2.36. The van der Waals surface area contributed by atoms with E-state index in [1.807, 2.05) is 17.2 Å². The number of aliphatic hydroxyl groups excluding tert-OH is 1. The molecule has 1 saturated heterocycles. The summed E-state index contributed by atoms with van der Waals surface area (Å²) in [6, 6.07) is 7.14. The molecule has 122 valence electrons. The molecule has 0 bridgehead atoms. The Morgan fingerprint density at radius 3 is 3.17 bits per heavy atom. The van der Waals surface area contributed by atoms with E-state index in [1.54, 1.807) is 30.7 Å². The second-order valence-corrected chi connectivity index (χ2v) is 6.47. The van der Waals surface area contributed by atoms with Gasteiger partial charge in [-0.15, -0.1) is 11.8 Å². The van der Waals surface area contributed by atoms with Crippen LogP contribution in [0.3, 0.4) is 0 Å². The van der Waals surface area contributed by atoms with Gasteiger partial charge in [-0.1, -0.05) is 0 Å². The molecule has 0 radical (unpaired) electrons. The molecule has 0 spiro atoms. The zero-order chi connectivity index (χ0) is 16.2. The maximum absolute atomic E-state index is 12.8. The van der Waals surface area contributed by atoms with Crippen LogP contribution in [0.4, 0.5) is 0 Å². The standard InChI is InChI=1S/C17H20N2O3S/c1-23-16-10-12(6-7-18-16)17(21)19-8-2-4-13(19)11-14(20)15-5-3-9-22-15/h3,5-7,9-10,13-14,20H,2,4,8,11H2,1H3. The van der Waals surface area contributed by atoms with Crippen LogP contribution in [0.2, 0.25) is 0 Å². The van der Waals surface area contributed by atoms with Crippen molar-refractivity contribution in [2.75, 3.05) is 12.8 Å². The quantitative estimate of drug-likeness (QED) is 0.852. The number of amides is 1. The number of aliphatic hydroxyl groups is 1. The summed E-state index contributed by atoms with van der Waals surface area (Å²) in [7, 11) is 0. The third-order valence-electron chi connectivity index (χ3n) is 4.20. The van der Waals surface area contributed by atoms with Crippen LogP contribution < -0.4 is 0 Å². The van der Waals surface area contributed by atoms with Crippen molar-refractivity contribution in [3.8, 4) is 0 Å². The van der Waals surface area contributed by atoms with Crippen LogP contribution in [-0.4, -0.2) is 39.7 Å². The molecule has 5 nitrogen and oxygen atoms in total. The third kappa shape index (κ3) is 3.59. The number of hydrogen-bond donors (Lipinski definition) is 1. The Kier molecular flexibility index (Phi) is 5.03. The van der Waals surface area contributed by atoms with Gasteiger partial charge in [0.25, 0.3) is 5.91 Å². The smallest absolute Gasteiger partial charge is 0.254 e. The van der Waals surface area contributed by atoms with E-state index >= 15 is 0 Å². The van der Waals surface area contributed by atoms with Crippen LogP contribution in [-0.2, 0) is 0 Å². The first-order chi connectivity index (χ1) is 11.2. The maximum atomic E-state index is 12.8. The minimum absolute atomic E-state index is 0.0110. The fraction of sp³-hybridized carbons (Fsp3) is 0.412. The Balaban J connectivity index is 1.71. The van der Waals surface area contributed by atoms with E-state index in [0.29, 0.717) is 17.7 Å². The van der Waals surface area contributed by atoms with E-state index in [9.17, 15) is 9.90 Å². The number of carbonyl (C=O) groups excluding carboxylic acids is 1. The summed E-state index contributed by atoms with van der Waals surface area (Å²) in [5.74, 6) is 0.565. The predicted molar refractivity (Wildman–Crippen MR) is 88.4 cm³/mol. The molecule has 1 amide bonds. The number of carbonyl (C=O) groups is 1. The number of likely N-dealkylation sites (tertiary alicyclic amines) is 1. The van der Waals surface area contributed by atoms with Gasteiger partial charge in [0.2, 0.25) is 0 Å². The van der Waals surface area contributed by atoms with E-state index in [2.05, 4.69) is 4.98 Å². The van der Waals surface area contributed by atoms with Gasteiger partial charge in [0, 0.05) is 30.8 Å². The van der Waals surface area contributed by atoms with Crippen molar-refractivity contribution >= 4 is 17.7 Å². The normalized spacial score (nSPS) is 19.0. The lowest BCUT2D eigenvalue weighted by Gasteiger charge is -2.26. The van der Waals surface area contributed by atoms with E-state index in [-0.39, 0.29) is 11.9 Å². The summed E-state index contributed by atoms with van der Waals surface area (Å²) in [5, 5.41) is 11.1. The molecule has 0 aromatic carbocycles. The summed E-state index contributed by atoms with van der Waals surface area (Å²) in [6.45, 7) is 0.727. The number of aromatic nitrogens is 1. The zero-order valence-electron chi connectivity index (χ0n) is 13.0. The number of hydrogen-bond acceptors (Lipinski definition) is 5. The molecular formula is C17H20N2O3S. The summed E-state index contributed by atoms with van der Waals surface area (Å²) in [6.07, 6.45) is 6.85. The van der Waals surface area contributed by atoms with E-state index in [0.717, 1.165) is 24.4 Å². The molecule has 1 aliphatic rings. The zero-order valence-corrected chi connectivity index (χ0v) is 13.8. The summed E-state index contributed by atoms with van der Waals surface area (Å²) in [4.78, 5) is 18.9. The molecule has 23 heavy (non-hydrogen) atoms. The summed E-state index contributed by atoms with van der Waals surface area (Å²) < 4.78 is 5.25. The molecule has 1 aliphatic heterocycles. The van der Waals surface area contributed by atoms with Gasteiger partial charge in [-0.2, -0.15) is 0 Å². The molecule has 2 unspecified atom stereocenters. The molecule has 1 fully saturated rings. The second-order valence-electron chi connectivity index (χ2n) is 5.65. The Hall–Kier alpha value is -1.79. The van der Waals surface area contributed by atoms with Crippen LogP contribution in [0.5, 0.6) is 0 Å². The van der Waals surface area contributed by atoms with E-state index < -0.39 is 6.10 Å². The number of pyridine rings is 1. The van der Waals surface area contributed by atoms with Crippen molar-refractivity contribution in [3.63, 3.8) is 0 Å². The van der Waals surface area contributed by atoms with E-state index in [1.165, 1.54) is 11.8 Å². The van der Waals surface area contributed by atoms with Crippen molar-refractivity contribution in [1.82, 2.24) is 9.88 Å². The number of rotatable bonds is 5. The SMILES string of the molecule is CSc1cc(C(=O)N2CCCC2CC(O)c2ccco2)ccn1. The Morgan fingerprint density at radius 2 is 2.43 bits per heavy atom. The van der Waals surface area contributed by atoms with Crippen LogP contribution >= 0.6 is 11.8 Å². The molecule has 0 saturated carbocycles. The predicted octanol–water partition coefficient (Wildman–Crippen LogP) is 3.12. The molecule has 2 atom stereocenters. The van der Waals surface area contributed by atoms with Gasteiger partial charge in [-0.3, -0.25) is 4.79 Å². The van der Waals surface area contributed by atoms with Gasteiger partial charge >= 0.3 is 0 Å². The van der Waals surface area contributed by atoms with Gasteiger partial charge in [-0.25, -0.2) is 4.98 Å². The molecule has 1 N–H and O–H groups in total. The van der Waals surface area contributed by atoms with Crippen molar-refractivity contribution < 1.29 is 14.3 Å². The van der Waals surface area contributed by atoms with Gasteiger partial charge in [0.1, 0.15) is 11.9 Å². The average Bonchev–Trinajstić information content (AvgIpc) is 3.26. The lowest BCUT2D eigenvalue weighted by atomic mass is 10.0. The minimum atomic E-state index is -0.678. The fourth-order valence-electron chi connectivity index (χ4n) is 3.02. The summed E-state index contributed by atoms with van der Waals surface area (Å²) >= 11 is 1.52. The molecule has 6 heteroatoms. The molecule has 3 rings (SSSR count). The van der Waals surface area contributed by atoms with Gasteiger partial charge in [0.15, 0.2) is 0 Å². The number of thioether (sulfide) groups is 1. The van der Waals surface area contributed by atoms with Crippen LogP contribution in [0, 0.1) is 0 Å². The van der Waals surface area contributed by atoms with Gasteiger partial charge < -0.3 is 14.4 Å². The summed E-state index contributed by atoms with van der Waals surface area (Å²) in [5.41, 5.74) is 0.656. The first kappa shape index (κ1) is 16.1. The molecule has 3 heterocycles. The molecule has 2 aromatic heterocycles. The van der Waals surface area contributed by atoms with Crippen molar-refractivity contribution in [1.29, 1.82) is 0 Å². The van der Waals surface area contributed by atoms with Gasteiger partial charge in [0.05, 0.1) is 11.3 Å². The van der Waals surface area contributed by atoms with Crippen LogP contribution in [0.1, 0.15) is 41.5 Å². The highest BCUT2D eigenvalue weighted by Crippen LogP contribution is 2.29. The highest BCUT2D eigenvalue weighted by Gasteiger charge is 2.31. The van der Waals surface area contributed by atoms with Crippen molar-refractivity contribution in [3.05, 3.63) is 48.0 Å². The average molecular weight is 332 g/mol. The first-order valence-corrected chi connectivity index (χ1v) is 8.94. The Morgan fingerprint density at radius 1 is 1.57 bits per heavy atom. The number of furan rings is 1. The second kappa shape index (κ2) is 7.19. The van der Waals surface area contributed by atoms with Crippen molar-refractivity contribution in [2.45, 2.75) is 36.4 Å². The lowest BCUT2D eigenvalue weighted by molar-refractivity contribution is 0.0641. The van der Waals surface area contributed by atoms with Crippen LogP contribution in [0.15, 0.2) is 46.2 Å². The largest absolute Gasteiger partial charge is 0.467 e. The molecule has 0 aliphatic carbocycles. The molecule has 2 aromatic rings. The van der Waals surface area contributed by atoms with E-state index in [4.69, 9.17) is 4.42 Å². The maximum Gasteiger partial charge on any atom is 0.254 e. The highest BCUT2D eigenvalue weighted by atomic mass is 32.2. The topological polar surface area (TPSA) is 66.6 Å². The van der Waals surface area contributed by atoms with Crippen LogP contribution in [0.25, 0.3) is 0 Å². The number of nitrogens with zero attached hydrogens (tertiary/aromatic N) is 2. The third-order valence-corrected chi connectivity index (χ3v) is 4.84. The first-order valence-electron chi connectivity index (χ1n) is 7.71. The Labute approximate surface area is 139 Å². The fourth-order valence-corrected chi connectivity index (χ4v) is 3.43. The highest BCUT2D eigenvalue weighted by molar-refractivity contribution is 7.98. The monoisotopic (exact) mass is 332 g/mol. The van der Waals surface area contributed by atoms with Crippen molar-refractivity contribution in [2.24, 2.45) is 0 Å². The Bertz CT molecular complexity index is 660.